The molecule has 1 aliphatic heterocycles. The highest BCUT2D eigenvalue weighted by atomic mass is 79.9. The minimum atomic E-state index is -0.464. The summed E-state index contributed by atoms with van der Waals surface area (Å²) in [5.41, 5.74) is 5.23. The lowest BCUT2D eigenvalue weighted by atomic mass is 9.79. The predicted octanol–water partition coefficient (Wildman–Crippen LogP) is 0.414. The van der Waals surface area contributed by atoms with Gasteiger partial charge in [0.05, 0.1) is 16.7 Å². The van der Waals surface area contributed by atoms with E-state index in [4.69, 9.17) is 4.74 Å². The Balaban J connectivity index is 1.44. The number of hydrogen-bond acceptors (Lipinski definition) is 5. The van der Waals surface area contributed by atoms with E-state index in [2.05, 4.69) is 31.8 Å². The zero-order valence-electron chi connectivity index (χ0n) is 11.9. The molecule has 2 bridgehead atoms. The maximum absolute atomic E-state index is 12.5. The number of amides is 2. The van der Waals surface area contributed by atoms with Crippen molar-refractivity contribution in [2.24, 2.45) is 23.7 Å². The van der Waals surface area contributed by atoms with E-state index >= 15 is 0 Å². The van der Waals surface area contributed by atoms with E-state index in [0.29, 0.717) is 5.56 Å². The molecule has 3 aliphatic rings. The largest absolute Gasteiger partial charge is 0.461 e. The second-order valence-corrected chi connectivity index (χ2v) is 7.20. The molecular weight excluding hydrogens is 366 g/mol. The number of alkyl halides is 1. The van der Waals surface area contributed by atoms with Crippen LogP contribution in [0.5, 0.6) is 0 Å². The number of carbonyl (C=O) groups excluding carboxylic acids is 3. The lowest BCUT2D eigenvalue weighted by Crippen LogP contribution is -2.49. The molecule has 0 aromatic carbocycles. The summed E-state index contributed by atoms with van der Waals surface area (Å²) in [7, 11) is 0. The number of hydrogen-bond donors (Lipinski definition) is 2. The summed E-state index contributed by atoms with van der Waals surface area (Å²) in [6.45, 7) is 0. The SMILES string of the molecule is O=C(NNC(=O)[C@@H]1[C@H]2C[C@H]3[C@H](OC(=O)[C@@H]31)[C@@H]2Br)c1ccncc1. The topological polar surface area (TPSA) is 97.4 Å². The maximum Gasteiger partial charge on any atom is 0.310 e. The number of rotatable bonds is 2. The average Bonchev–Trinajstić information content (AvgIpc) is 3.17. The molecule has 4 rings (SSSR count). The van der Waals surface area contributed by atoms with Crippen LogP contribution in [0.1, 0.15) is 16.8 Å². The van der Waals surface area contributed by atoms with Gasteiger partial charge in [0.2, 0.25) is 5.91 Å². The van der Waals surface area contributed by atoms with Crippen LogP contribution in [0.15, 0.2) is 24.5 Å². The van der Waals surface area contributed by atoms with Crippen LogP contribution in [0, 0.1) is 23.7 Å². The molecule has 2 aliphatic carbocycles. The smallest absolute Gasteiger partial charge is 0.310 e. The first-order valence-electron chi connectivity index (χ1n) is 7.42. The molecule has 2 N–H and O–H groups in total. The molecule has 2 saturated carbocycles. The number of nitrogens with zero attached hydrogens (tertiary/aromatic N) is 1. The Labute approximate surface area is 140 Å². The number of carbonyl (C=O) groups is 3. The molecule has 3 fully saturated rings. The van der Waals surface area contributed by atoms with Crippen LogP contribution in [0.2, 0.25) is 0 Å². The van der Waals surface area contributed by atoms with Crippen molar-refractivity contribution >= 4 is 33.7 Å². The molecule has 0 spiro atoms. The van der Waals surface area contributed by atoms with Crippen molar-refractivity contribution in [3.63, 3.8) is 0 Å². The summed E-state index contributed by atoms with van der Waals surface area (Å²) in [4.78, 5) is 40.3. The van der Waals surface area contributed by atoms with E-state index in [9.17, 15) is 14.4 Å². The minimum absolute atomic E-state index is 0.00171. The van der Waals surface area contributed by atoms with Crippen LogP contribution < -0.4 is 10.9 Å². The molecule has 8 heteroatoms. The number of esters is 1. The molecule has 1 saturated heterocycles. The van der Waals surface area contributed by atoms with Gasteiger partial charge in [0.1, 0.15) is 6.10 Å². The van der Waals surface area contributed by atoms with Gasteiger partial charge in [0.15, 0.2) is 0 Å². The van der Waals surface area contributed by atoms with Gasteiger partial charge in [-0.05, 0) is 24.5 Å². The van der Waals surface area contributed by atoms with Crippen LogP contribution in [-0.4, -0.2) is 33.7 Å². The van der Waals surface area contributed by atoms with Gasteiger partial charge >= 0.3 is 5.97 Å². The highest BCUT2D eigenvalue weighted by molar-refractivity contribution is 9.09. The first-order chi connectivity index (χ1) is 11.1. The molecule has 6 atom stereocenters. The summed E-state index contributed by atoms with van der Waals surface area (Å²) >= 11 is 3.55. The summed E-state index contributed by atoms with van der Waals surface area (Å²) < 4.78 is 5.37. The molecule has 1 aromatic rings. The van der Waals surface area contributed by atoms with Gasteiger partial charge in [-0.2, -0.15) is 0 Å². The predicted molar refractivity (Wildman–Crippen MR) is 81.0 cm³/mol. The molecule has 2 amide bonds. The molecule has 1 aromatic heterocycles. The van der Waals surface area contributed by atoms with Crippen LogP contribution in [0.3, 0.4) is 0 Å². The van der Waals surface area contributed by atoms with Gasteiger partial charge in [-0.1, -0.05) is 15.9 Å². The van der Waals surface area contributed by atoms with E-state index < -0.39 is 17.7 Å². The van der Waals surface area contributed by atoms with Gasteiger partial charge in [-0.15, -0.1) is 0 Å². The molecular formula is C15H14BrN3O4. The molecule has 23 heavy (non-hydrogen) atoms. The van der Waals surface area contributed by atoms with E-state index in [1.54, 1.807) is 12.1 Å². The van der Waals surface area contributed by atoms with Gasteiger partial charge in [0.25, 0.3) is 5.91 Å². The molecule has 0 radical (unpaired) electrons. The van der Waals surface area contributed by atoms with Gasteiger partial charge < -0.3 is 4.74 Å². The van der Waals surface area contributed by atoms with Crippen LogP contribution >= 0.6 is 15.9 Å². The minimum Gasteiger partial charge on any atom is -0.461 e. The number of nitrogens with one attached hydrogen (secondary N) is 2. The highest BCUT2D eigenvalue weighted by Gasteiger charge is 2.67. The summed E-state index contributed by atoms with van der Waals surface area (Å²) in [5.74, 6) is -1.77. The third-order valence-corrected chi connectivity index (χ3v) is 6.27. The Hall–Kier alpha value is -1.96. The van der Waals surface area contributed by atoms with E-state index in [0.717, 1.165) is 6.42 Å². The van der Waals surface area contributed by atoms with Crippen LogP contribution in [0.4, 0.5) is 0 Å². The van der Waals surface area contributed by atoms with Gasteiger partial charge in [0, 0.05) is 23.9 Å². The Kier molecular flexibility index (Phi) is 3.37. The van der Waals surface area contributed by atoms with E-state index in [-0.39, 0.29) is 34.6 Å². The third-order valence-electron chi connectivity index (χ3n) is 5.07. The standard InChI is InChI=1S/C15H14BrN3O4/c16-11-7-5-8-10(15(22)23-12(8)11)9(7)14(21)19-18-13(20)6-1-3-17-4-2-6/h1-4,7-12H,5H2,(H,18,20)(H,19,21)/t7-,8-,9-,10+,11-,12+/m1/s1. The van der Waals surface area contributed by atoms with E-state index in [1.807, 2.05) is 0 Å². The fourth-order valence-corrected chi connectivity index (χ4v) is 5.15. The summed E-state index contributed by atoms with van der Waals surface area (Å²) in [5, 5.41) is 0. The fourth-order valence-electron chi connectivity index (χ4n) is 4.11. The number of pyridine rings is 1. The number of ether oxygens (including phenoxy) is 1. The lowest BCUT2D eigenvalue weighted by molar-refractivity contribution is -0.146. The van der Waals surface area contributed by atoms with Crippen LogP contribution in [0.25, 0.3) is 0 Å². The second-order valence-electron chi connectivity index (χ2n) is 6.14. The normalized spacial score (nSPS) is 36.7. The van der Waals surface area contributed by atoms with Crippen molar-refractivity contribution < 1.29 is 19.1 Å². The fraction of sp³-hybridized carbons (Fsp3) is 0.467. The van der Waals surface area contributed by atoms with Gasteiger partial charge in [-0.3, -0.25) is 30.2 Å². The first-order valence-corrected chi connectivity index (χ1v) is 8.34. The summed E-state index contributed by atoms with van der Waals surface area (Å²) in [6.07, 6.45) is 3.67. The van der Waals surface area contributed by atoms with Crippen molar-refractivity contribution in [1.82, 2.24) is 15.8 Å². The number of fused-ring (bicyclic) bond motifs is 1. The molecule has 2 heterocycles. The first kappa shape index (κ1) is 14.6. The van der Waals surface area contributed by atoms with Crippen molar-refractivity contribution in [3.05, 3.63) is 30.1 Å². The van der Waals surface area contributed by atoms with Crippen molar-refractivity contribution in [1.29, 1.82) is 0 Å². The lowest BCUT2D eigenvalue weighted by Gasteiger charge is -2.27. The maximum atomic E-state index is 12.5. The van der Waals surface area contributed by atoms with E-state index in [1.165, 1.54) is 12.4 Å². The van der Waals surface area contributed by atoms with Crippen molar-refractivity contribution in [2.45, 2.75) is 17.4 Å². The Morgan fingerprint density at radius 1 is 1.22 bits per heavy atom. The Bertz CT molecular complexity index is 683. The average molecular weight is 380 g/mol. The third kappa shape index (κ3) is 2.15. The molecule has 0 unspecified atom stereocenters. The van der Waals surface area contributed by atoms with Crippen LogP contribution in [-0.2, 0) is 14.3 Å². The zero-order chi connectivity index (χ0) is 16.1. The number of halogens is 1. The Morgan fingerprint density at radius 2 is 1.96 bits per heavy atom. The molecule has 7 nitrogen and oxygen atoms in total. The van der Waals surface area contributed by atoms with Crippen molar-refractivity contribution in [3.8, 4) is 0 Å². The van der Waals surface area contributed by atoms with Gasteiger partial charge in [-0.25, -0.2) is 0 Å². The summed E-state index contributed by atoms with van der Waals surface area (Å²) in [6, 6.07) is 3.10. The number of aromatic nitrogens is 1. The quantitative estimate of drug-likeness (QED) is 0.440. The zero-order valence-corrected chi connectivity index (χ0v) is 13.5. The highest BCUT2D eigenvalue weighted by Crippen LogP contribution is 2.59. The molecule has 120 valence electrons. The van der Waals surface area contributed by atoms with Crippen molar-refractivity contribution in [2.75, 3.05) is 0 Å². The Morgan fingerprint density at radius 3 is 2.70 bits per heavy atom. The second kappa shape index (κ2) is 5.30. The monoisotopic (exact) mass is 379 g/mol. The number of hydrazine groups is 1.